The first-order valence-corrected chi connectivity index (χ1v) is 9.44. The molecule has 0 aromatic heterocycles. The maximum atomic E-state index is 12.4. The van der Waals surface area contributed by atoms with Crippen LogP contribution >= 0.6 is 23.8 Å². The van der Waals surface area contributed by atoms with E-state index < -0.39 is 0 Å². The summed E-state index contributed by atoms with van der Waals surface area (Å²) in [6, 6.07) is 15.4. The second-order valence-corrected chi connectivity index (χ2v) is 7.06. The molecule has 3 rings (SSSR count). The van der Waals surface area contributed by atoms with Crippen molar-refractivity contribution < 1.29 is 4.79 Å². The number of rotatable bonds is 4. The van der Waals surface area contributed by atoms with Crippen LogP contribution in [0.3, 0.4) is 0 Å². The predicted octanol–water partition coefficient (Wildman–Crippen LogP) is 3.36. The van der Waals surface area contributed by atoms with Gasteiger partial charge in [0.25, 0.3) is 0 Å². The Hall–Kier alpha value is -2.57. The van der Waals surface area contributed by atoms with Gasteiger partial charge in [-0.1, -0.05) is 41.9 Å². The Balaban J connectivity index is 1.58. The van der Waals surface area contributed by atoms with Crippen LogP contribution in [0.5, 0.6) is 0 Å². The van der Waals surface area contributed by atoms with Crippen LogP contribution in [0.15, 0.2) is 54.6 Å². The maximum Gasteiger partial charge on any atom is 0.246 e. The van der Waals surface area contributed by atoms with Crippen molar-refractivity contribution >= 4 is 52.3 Å². The van der Waals surface area contributed by atoms with Gasteiger partial charge in [0.15, 0.2) is 5.11 Å². The number of halogens is 1. The van der Waals surface area contributed by atoms with Gasteiger partial charge >= 0.3 is 0 Å². The molecule has 27 heavy (non-hydrogen) atoms. The van der Waals surface area contributed by atoms with E-state index in [1.54, 1.807) is 12.1 Å². The number of amides is 1. The SMILES string of the molecule is NC(=S)Nc1ccc(N2CCN(C(=O)C=Cc3ccccc3)CC2)c(Cl)c1. The lowest BCUT2D eigenvalue weighted by molar-refractivity contribution is -0.126. The zero-order valence-corrected chi connectivity index (χ0v) is 16.3. The van der Waals surface area contributed by atoms with Crippen molar-refractivity contribution in [2.45, 2.75) is 0 Å². The molecule has 1 fully saturated rings. The van der Waals surface area contributed by atoms with Gasteiger partial charge in [0, 0.05) is 37.9 Å². The quantitative estimate of drug-likeness (QED) is 0.608. The molecule has 0 atom stereocenters. The number of carbonyl (C=O) groups excluding carboxylic acids is 1. The van der Waals surface area contributed by atoms with Crippen LogP contribution in [0, 0.1) is 0 Å². The van der Waals surface area contributed by atoms with Crippen molar-refractivity contribution in [3.8, 4) is 0 Å². The highest BCUT2D eigenvalue weighted by Gasteiger charge is 2.21. The second-order valence-electron chi connectivity index (χ2n) is 6.21. The number of thiocarbonyl (C=S) groups is 1. The molecule has 0 unspecified atom stereocenters. The Morgan fingerprint density at radius 3 is 2.44 bits per heavy atom. The van der Waals surface area contributed by atoms with E-state index in [1.165, 1.54) is 0 Å². The molecule has 0 saturated carbocycles. The molecule has 7 heteroatoms. The number of nitrogens with one attached hydrogen (secondary N) is 1. The normalized spacial score (nSPS) is 14.4. The fourth-order valence-corrected chi connectivity index (χ4v) is 3.41. The molecule has 0 spiro atoms. The first-order valence-electron chi connectivity index (χ1n) is 8.66. The van der Waals surface area contributed by atoms with Gasteiger partial charge in [0.1, 0.15) is 0 Å². The van der Waals surface area contributed by atoms with Crippen LogP contribution < -0.4 is 16.0 Å². The summed E-state index contributed by atoms with van der Waals surface area (Å²) < 4.78 is 0. The van der Waals surface area contributed by atoms with Gasteiger partial charge in [0.05, 0.1) is 10.7 Å². The number of benzene rings is 2. The first kappa shape index (κ1) is 19.2. The van der Waals surface area contributed by atoms with Gasteiger partial charge in [-0.15, -0.1) is 0 Å². The number of nitrogens with zero attached hydrogens (tertiary/aromatic N) is 2. The van der Waals surface area contributed by atoms with Crippen molar-refractivity contribution in [1.29, 1.82) is 0 Å². The van der Waals surface area contributed by atoms with Crippen molar-refractivity contribution in [3.63, 3.8) is 0 Å². The molecular weight excluding hydrogens is 380 g/mol. The summed E-state index contributed by atoms with van der Waals surface area (Å²) in [6.07, 6.45) is 3.48. The third kappa shape index (κ3) is 5.21. The minimum absolute atomic E-state index is 0.0283. The molecule has 1 aliphatic heterocycles. The number of nitrogens with two attached hydrogens (primary N) is 1. The van der Waals surface area contributed by atoms with E-state index in [-0.39, 0.29) is 11.0 Å². The summed E-state index contributed by atoms with van der Waals surface area (Å²) in [5.41, 5.74) is 8.20. The molecule has 140 valence electrons. The van der Waals surface area contributed by atoms with Gasteiger partial charge in [0.2, 0.25) is 5.91 Å². The lowest BCUT2D eigenvalue weighted by atomic mass is 10.2. The van der Waals surface area contributed by atoms with Gasteiger partial charge in [-0.2, -0.15) is 0 Å². The van der Waals surface area contributed by atoms with E-state index in [0.29, 0.717) is 18.1 Å². The summed E-state index contributed by atoms with van der Waals surface area (Å²) >= 11 is 11.2. The number of hydrogen-bond acceptors (Lipinski definition) is 3. The van der Waals surface area contributed by atoms with E-state index in [0.717, 1.165) is 30.0 Å². The molecule has 5 nitrogen and oxygen atoms in total. The average Bonchev–Trinajstić information content (AvgIpc) is 2.67. The molecule has 0 aliphatic carbocycles. The highest BCUT2D eigenvalue weighted by molar-refractivity contribution is 7.80. The maximum absolute atomic E-state index is 12.4. The lowest BCUT2D eigenvalue weighted by Crippen LogP contribution is -2.48. The molecule has 1 amide bonds. The van der Waals surface area contributed by atoms with E-state index >= 15 is 0 Å². The fraction of sp³-hybridized carbons (Fsp3) is 0.200. The third-order valence-electron chi connectivity index (χ3n) is 4.37. The monoisotopic (exact) mass is 400 g/mol. The highest BCUT2D eigenvalue weighted by atomic mass is 35.5. The summed E-state index contributed by atoms with van der Waals surface area (Å²) in [5.74, 6) is 0.0283. The Morgan fingerprint density at radius 1 is 1.11 bits per heavy atom. The summed E-state index contributed by atoms with van der Waals surface area (Å²) in [5, 5.41) is 3.70. The van der Waals surface area contributed by atoms with E-state index in [1.807, 2.05) is 53.4 Å². The number of piperazine rings is 1. The van der Waals surface area contributed by atoms with Crippen molar-refractivity contribution in [1.82, 2.24) is 4.90 Å². The zero-order valence-electron chi connectivity index (χ0n) is 14.8. The minimum atomic E-state index is 0.0283. The number of anilines is 2. The van der Waals surface area contributed by atoms with Crippen LogP contribution in [0.4, 0.5) is 11.4 Å². The van der Waals surface area contributed by atoms with E-state index in [2.05, 4.69) is 10.2 Å². The van der Waals surface area contributed by atoms with Gasteiger partial charge in [-0.3, -0.25) is 4.79 Å². The van der Waals surface area contributed by atoms with Crippen LogP contribution in [-0.4, -0.2) is 42.1 Å². The van der Waals surface area contributed by atoms with Crippen LogP contribution in [0.1, 0.15) is 5.56 Å². The molecule has 2 aromatic carbocycles. The largest absolute Gasteiger partial charge is 0.376 e. The Labute approximate surface area is 169 Å². The first-order chi connectivity index (χ1) is 13.0. The van der Waals surface area contributed by atoms with E-state index in [4.69, 9.17) is 29.6 Å². The Bertz CT molecular complexity index is 848. The predicted molar refractivity (Wildman–Crippen MR) is 116 cm³/mol. The fourth-order valence-electron chi connectivity index (χ4n) is 2.99. The number of carbonyl (C=O) groups is 1. The zero-order chi connectivity index (χ0) is 19.2. The van der Waals surface area contributed by atoms with Gasteiger partial charge in [-0.05, 0) is 42.1 Å². The Kier molecular flexibility index (Phi) is 6.32. The molecule has 1 heterocycles. The minimum Gasteiger partial charge on any atom is -0.376 e. The molecule has 2 aromatic rings. The topological polar surface area (TPSA) is 61.6 Å². The molecule has 1 saturated heterocycles. The van der Waals surface area contributed by atoms with Gasteiger partial charge in [-0.25, -0.2) is 0 Å². The summed E-state index contributed by atoms with van der Waals surface area (Å²) in [4.78, 5) is 16.4. The Morgan fingerprint density at radius 2 is 1.81 bits per heavy atom. The van der Waals surface area contributed by atoms with Crippen molar-refractivity contribution in [3.05, 3.63) is 65.2 Å². The van der Waals surface area contributed by atoms with E-state index in [9.17, 15) is 4.79 Å². The van der Waals surface area contributed by atoms with Crippen LogP contribution in [0.2, 0.25) is 5.02 Å². The third-order valence-corrected chi connectivity index (χ3v) is 4.77. The van der Waals surface area contributed by atoms with Crippen molar-refractivity contribution in [2.75, 3.05) is 36.4 Å². The van der Waals surface area contributed by atoms with Gasteiger partial charge < -0.3 is 20.9 Å². The molecular formula is C20H21ClN4OS. The number of hydrogen-bond donors (Lipinski definition) is 2. The second kappa shape index (κ2) is 8.88. The summed E-state index contributed by atoms with van der Waals surface area (Å²) in [6.45, 7) is 2.77. The lowest BCUT2D eigenvalue weighted by Gasteiger charge is -2.36. The van der Waals surface area contributed by atoms with Crippen molar-refractivity contribution in [2.24, 2.45) is 5.73 Å². The standard InChI is InChI=1S/C20H21ClN4OS/c21-17-14-16(23-20(22)27)7-8-18(17)24-10-12-25(13-11-24)19(26)9-6-15-4-2-1-3-5-15/h1-9,14H,10-13H2,(H3,22,23,27). The molecule has 1 aliphatic rings. The smallest absolute Gasteiger partial charge is 0.246 e. The average molecular weight is 401 g/mol. The molecule has 3 N–H and O–H groups in total. The summed E-state index contributed by atoms with van der Waals surface area (Å²) in [7, 11) is 0. The highest BCUT2D eigenvalue weighted by Crippen LogP contribution is 2.29. The van der Waals surface area contributed by atoms with Crippen LogP contribution in [0.25, 0.3) is 6.08 Å². The van der Waals surface area contributed by atoms with Crippen LogP contribution in [-0.2, 0) is 4.79 Å². The molecule has 0 radical (unpaired) electrons. The molecule has 0 bridgehead atoms.